The van der Waals surface area contributed by atoms with Crippen molar-refractivity contribution in [3.05, 3.63) is 97.1 Å². The molecule has 308 valence electrons. The van der Waals surface area contributed by atoms with E-state index in [1.54, 1.807) is 13.8 Å². The molecule has 55 heavy (non-hydrogen) atoms. The average Bonchev–Trinajstić information content (AvgIpc) is 3.12. The van der Waals surface area contributed by atoms with Crippen LogP contribution in [-0.2, 0) is 31.7 Å². The highest BCUT2D eigenvalue weighted by molar-refractivity contribution is 7.54. The quantitative estimate of drug-likeness (QED) is 0.0592. The number of hydrogen-bond acceptors (Lipinski definition) is 7. The zero-order valence-electron chi connectivity index (χ0n) is 36.4. The van der Waals surface area contributed by atoms with E-state index < -0.39 is 44.8 Å². The minimum atomic E-state index is -3.62. The molecule has 7 nitrogen and oxygen atoms in total. The highest BCUT2D eigenvalue weighted by Crippen LogP contribution is 2.48. The van der Waals surface area contributed by atoms with Gasteiger partial charge in [0.25, 0.3) is 8.32 Å². The van der Waals surface area contributed by atoms with Crippen LogP contribution in [0.2, 0.25) is 41.3 Å². The molecule has 0 saturated heterocycles. The summed E-state index contributed by atoms with van der Waals surface area (Å²) >= 11 is 0. The maximum absolute atomic E-state index is 14.1. The Kier molecular flexibility index (Phi) is 19.9. The smallest absolute Gasteiger partial charge is 0.338 e. The second-order valence-electron chi connectivity index (χ2n) is 16.7. The molecule has 2 atom stereocenters. The second kappa shape index (κ2) is 22.2. The zero-order valence-corrected chi connectivity index (χ0v) is 40.2. The van der Waals surface area contributed by atoms with Gasteiger partial charge in [0.15, 0.2) is 22.4 Å². The Balaban J connectivity index is 2.41. The summed E-state index contributed by atoms with van der Waals surface area (Å²) in [5, 5.41) is 2.37. The van der Waals surface area contributed by atoms with Crippen LogP contribution in [0.25, 0.3) is 0 Å². The molecule has 0 fully saturated rings. The van der Waals surface area contributed by atoms with E-state index in [0.717, 1.165) is 18.1 Å². The third-order valence-corrected chi connectivity index (χ3v) is 27.2. The fraction of sp³-hybridized carbons (Fsp3) is 0.568. The van der Waals surface area contributed by atoms with E-state index in [-0.39, 0.29) is 35.2 Å². The van der Waals surface area contributed by atoms with Crippen molar-refractivity contribution in [1.29, 1.82) is 0 Å². The maximum Gasteiger partial charge on any atom is 0.338 e. The summed E-state index contributed by atoms with van der Waals surface area (Å²) in [6, 6.07) is 24.0. The summed E-state index contributed by atoms with van der Waals surface area (Å²) in [5.74, 6) is -0.256. The van der Waals surface area contributed by atoms with Gasteiger partial charge in [0.2, 0.25) is 0 Å². The predicted molar refractivity (Wildman–Crippen MR) is 240 cm³/mol. The molecule has 2 aromatic rings. The van der Waals surface area contributed by atoms with Crippen LogP contribution in [0.15, 0.2) is 97.1 Å². The molecule has 11 heteroatoms. The van der Waals surface area contributed by atoms with E-state index in [1.807, 2.05) is 30.4 Å². The van der Waals surface area contributed by atoms with Crippen LogP contribution in [0.1, 0.15) is 82.6 Å². The van der Waals surface area contributed by atoms with Crippen molar-refractivity contribution in [3.63, 3.8) is 0 Å². The van der Waals surface area contributed by atoms with E-state index >= 15 is 0 Å². The van der Waals surface area contributed by atoms with Gasteiger partial charge >= 0.3 is 7.60 Å². The zero-order chi connectivity index (χ0) is 41.4. The molecule has 0 radical (unpaired) electrons. The van der Waals surface area contributed by atoms with Crippen LogP contribution in [0.5, 0.6) is 0 Å². The Morgan fingerprint density at radius 1 is 0.709 bits per heavy atom. The van der Waals surface area contributed by atoms with Crippen LogP contribution in [0.3, 0.4) is 0 Å². The van der Waals surface area contributed by atoms with Gasteiger partial charge in [0.05, 0.1) is 25.9 Å². The number of ketones is 1. The van der Waals surface area contributed by atoms with E-state index in [1.165, 1.54) is 10.4 Å². The summed E-state index contributed by atoms with van der Waals surface area (Å²) in [5.41, 5.74) is 0. The minimum absolute atomic E-state index is 0.0441. The van der Waals surface area contributed by atoms with E-state index in [2.05, 4.69) is 142 Å². The lowest BCUT2D eigenvalue weighted by Gasteiger charge is -2.42. The van der Waals surface area contributed by atoms with Crippen LogP contribution in [0.4, 0.5) is 0 Å². The Bertz CT molecular complexity index is 1500. The molecule has 0 bridgehead atoms. The predicted octanol–water partition coefficient (Wildman–Crippen LogP) is 11.2. The topological polar surface area (TPSA) is 80.3 Å². The van der Waals surface area contributed by atoms with E-state index in [0.29, 0.717) is 13.0 Å². The molecule has 0 aliphatic carbocycles. The summed E-state index contributed by atoms with van der Waals surface area (Å²) in [6.07, 6.45) is 10.9. The summed E-state index contributed by atoms with van der Waals surface area (Å²) in [6.45, 7) is 28.7. The monoisotopic (exact) mass is 828 g/mol. The molecule has 0 aliphatic heterocycles. The average molecular weight is 829 g/mol. The van der Waals surface area contributed by atoms with Crippen molar-refractivity contribution in [2.45, 2.75) is 136 Å². The Labute approximate surface area is 338 Å². The van der Waals surface area contributed by atoms with Crippen LogP contribution in [0, 0.1) is 0 Å². The van der Waals surface area contributed by atoms with Gasteiger partial charge in [-0.05, 0) is 65.5 Å². The first-order chi connectivity index (χ1) is 25.8. The number of hydrogen-bond donors (Lipinski definition) is 0. The van der Waals surface area contributed by atoms with Crippen molar-refractivity contribution in [1.82, 2.24) is 0 Å². The lowest BCUT2D eigenvalue weighted by Crippen LogP contribution is -2.66. The number of Topliss-reactive ketones (excluding diaryl/α,β-unsaturated/α-hetero) is 1. The Morgan fingerprint density at radius 3 is 1.64 bits per heavy atom. The lowest BCUT2D eigenvalue weighted by molar-refractivity contribution is -0.125. The summed E-state index contributed by atoms with van der Waals surface area (Å²) in [7, 11) is -10.7. The van der Waals surface area contributed by atoms with Crippen molar-refractivity contribution >= 4 is 48.7 Å². The molecule has 0 heterocycles. The molecule has 0 aromatic heterocycles. The fourth-order valence-electron chi connectivity index (χ4n) is 6.68. The third-order valence-electron chi connectivity index (χ3n) is 11.0. The first kappa shape index (κ1) is 49.2. The molecule has 0 amide bonds. The van der Waals surface area contributed by atoms with Gasteiger partial charge in [0, 0.05) is 6.42 Å². The summed E-state index contributed by atoms with van der Waals surface area (Å²) in [4.78, 5) is 14.1. The van der Waals surface area contributed by atoms with Gasteiger partial charge < -0.3 is 22.3 Å². The standard InChI is InChI=1S/C44H73O7PSi3/c1-14-47-52(46,48-15-2)37-41(45)42(51-54(16-3,17-4)18-5)36-38(50-53(12,13)43(6,7)8)30-24-20-19-21-29-35-49-55(44(9,10)11,39-31-25-22-26-32-39)40-33-27-23-28-34-40/h19-34,38,42H,14-18,35-37H2,1-13H3/b20-19-,29-21+,30-24-/t38-,42+/m0/s1. The van der Waals surface area contributed by atoms with Crippen molar-refractivity contribution in [2.75, 3.05) is 26.0 Å². The van der Waals surface area contributed by atoms with Gasteiger partial charge in [-0.15, -0.1) is 0 Å². The fourth-order valence-corrected chi connectivity index (χ4v) is 16.9. The largest absolute Gasteiger partial charge is 0.410 e. The molecule has 0 N–H and O–H groups in total. The Morgan fingerprint density at radius 2 is 1.20 bits per heavy atom. The number of carbonyl (C=O) groups is 1. The van der Waals surface area contributed by atoms with E-state index in [9.17, 15) is 9.36 Å². The molecule has 2 aromatic carbocycles. The normalized spacial score (nSPS) is 15.0. The molecule has 0 aliphatic rings. The van der Waals surface area contributed by atoms with Gasteiger partial charge in [-0.3, -0.25) is 9.36 Å². The van der Waals surface area contributed by atoms with Crippen molar-refractivity contribution < 1.29 is 31.7 Å². The van der Waals surface area contributed by atoms with Gasteiger partial charge in [0.1, 0.15) is 12.3 Å². The van der Waals surface area contributed by atoms with E-state index in [4.69, 9.17) is 22.3 Å². The third kappa shape index (κ3) is 14.1. The van der Waals surface area contributed by atoms with Crippen molar-refractivity contribution in [3.8, 4) is 0 Å². The minimum Gasteiger partial charge on any atom is -0.410 e. The van der Waals surface area contributed by atoms with Crippen LogP contribution >= 0.6 is 7.60 Å². The molecular formula is C44H73O7PSi3. The molecule has 0 saturated carbocycles. The maximum atomic E-state index is 14.1. The van der Waals surface area contributed by atoms with Crippen LogP contribution in [-0.4, -0.2) is 68.9 Å². The summed E-state index contributed by atoms with van der Waals surface area (Å²) < 4.78 is 45.5. The SMILES string of the molecule is CCOP(=O)(CC(=O)[C@@H](C[C@H](\C=C/C=C\C=C\CO[Si](c1ccccc1)(c1ccccc1)C(C)(C)C)O[Si](C)(C)C(C)(C)C)O[Si](CC)(CC)CC)OCC. The highest BCUT2D eigenvalue weighted by Gasteiger charge is 2.50. The number of allylic oxidation sites excluding steroid dienone is 4. The number of rotatable bonds is 24. The Hall–Kier alpha value is -1.99. The van der Waals surface area contributed by atoms with Crippen molar-refractivity contribution in [2.24, 2.45) is 0 Å². The number of benzene rings is 2. The van der Waals surface area contributed by atoms with Gasteiger partial charge in [-0.2, -0.15) is 0 Å². The number of carbonyl (C=O) groups excluding carboxylic acids is 1. The molecule has 0 spiro atoms. The second-order valence-corrected chi connectivity index (χ2v) is 32.6. The van der Waals surface area contributed by atoms with Gasteiger partial charge in [-0.25, -0.2) is 0 Å². The molecular weight excluding hydrogens is 756 g/mol. The highest BCUT2D eigenvalue weighted by atomic mass is 31.2. The first-order valence-corrected chi connectivity index (χ1v) is 29.4. The van der Waals surface area contributed by atoms with Crippen LogP contribution < -0.4 is 10.4 Å². The molecule has 2 rings (SSSR count). The first-order valence-electron chi connectivity index (χ1n) is 20.3. The molecule has 0 unspecified atom stereocenters. The van der Waals surface area contributed by atoms with Gasteiger partial charge in [-0.1, -0.05) is 159 Å². The lowest BCUT2D eigenvalue weighted by atomic mass is 10.1.